The van der Waals surface area contributed by atoms with Gasteiger partial charge in [-0.05, 0) is 109 Å². The summed E-state index contributed by atoms with van der Waals surface area (Å²) in [7, 11) is -19.7. The Labute approximate surface area is 448 Å². The summed E-state index contributed by atoms with van der Waals surface area (Å²) in [5.41, 5.74) is -0.394. The molecule has 0 fully saturated rings. The smallest absolute Gasteiger partial charge is 0.315 e. The molecule has 3 atom stereocenters. The molecule has 7 aromatic rings. The van der Waals surface area contributed by atoms with Gasteiger partial charge in [-0.1, -0.05) is 36.4 Å². The van der Waals surface area contributed by atoms with E-state index in [1.807, 2.05) is 0 Å². The number of benzene rings is 5. The third kappa shape index (κ3) is 13.1. The molecule has 0 amide bonds. The van der Waals surface area contributed by atoms with Gasteiger partial charge in [-0.2, -0.15) is 68.0 Å². The second kappa shape index (κ2) is 21.9. The van der Waals surface area contributed by atoms with Crippen molar-refractivity contribution in [3.05, 3.63) is 120 Å². The van der Waals surface area contributed by atoms with Crippen molar-refractivity contribution >= 4 is 144 Å². The number of nitrogens with one attached hydrogen (secondary N) is 4. The van der Waals surface area contributed by atoms with Gasteiger partial charge in [0, 0.05) is 45.1 Å². The summed E-state index contributed by atoms with van der Waals surface area (Å²) in [6, 6.07) is 16.1. The topological polar surface area (TPSA) is 433 Å². The minimum absolute atomic E-state index is 0.00143. The number of halogens is 2. The third-order valence-corrected chi connectivity index (χ3v) is 15.8. The Bertz CT molecular complexity index is 4200. The minimum atomic E-state index is -5.04. The van der Waals surface area contributed by atoms with Gasteiger partial charge < -0.3 is 25.8 Å². The van der Waals surface area contributed by atoms with E-state index in [2.05, 4.69) is 71.6 Å². The van der Waals surface area contributed by atoms with Crippen molar-refractivity contribution in [2.45, 2.75) is 44.2 Å². The second-order valence-electron chi connectivity index (χ2n) is 16.5. The fourth-order valence-corrected chi connectivity index (χ4v) is 10.00. The molecule has 2 heterocycles. The Hall–Kier alpha value is -7.77. The molecule has 5 aromatic carbocycles. The van der Waals surface area contributed by atoms with Gasteiger partial charge >= 0.3 is 6.08 Å². The second-order valence-corrected chi connectivity index (χ2v) is 23.8. The average molecular weight is 1190 g/mol. The third-order valence-electron chi connectivity index (χ3n) is 11.0. The van der Waals surface area contributed by atoms with Crippen molar-refractivity contribution in [3.8, 4) is 0 Å². The molecule has 0 aliphatic heterocycles. The number of rotatable bonds is 18. The van der Waals surface area contributed by atoms with Crippen molar-refractivity contribution in [1.82, 2.24) is 29.9 Å². The molecule has 1 aliphatic carbocycles. The van der Waals surface area contributed by atoms with Crippen molar-refractivity contribution in [2.75, 3.05) is 27.8 Å². The largest absolute Gasteiger partial charge is 0.768 e. The van der Waals surface area contributed by atoms with Crippen LogP contribution in [0.5, 0.6) is 0 Å². The van der Waals surface area contributed by atoms with Gasteiger partial charge in [-0.3, -0.25) is 22.4 Å². The van der Waals surface area contributed by atoms with Gasteiger partial charge in [0.1, 0.15) is 20.2 Å². The molecular weight excluding hydrogens is 1150 g/mol. The zero-order chi connectivity index (χ0) is 56.5. The number of azo groups is 2. The lowest BCUT2D eigenvalue weighted by molar-refractivity contribution is 0.466. The maximum Gasteiger partial charge on any atom is 0.315 e. The first kappa shape index (κ1) is 56.4. The zero-order valence-corrected chi connectivity index (χ0v) is 44.2. The van der Waals surface area contributed by atoms with Crippen molar-refractivity contribution < 1.29 is 65.0 Å². The van der Waals surface area contributed by atoms with Crippen LogP contribution >= 0.6 is 11.6 Å². The molecule has 0 radical (unpaired) electrons. The van der Waals surface area contributed by atoms with Gasteiger partial charge in [0.15, 0.2) is 0 Å². The highest BCUT2D eigenvalue weighted by Gasteiger charge is 2.34. The van der Waals surface area contributed by atoms with Gasteiger partial charge in [0.05, 0.1) is 27.6 Å². The molecule has 8 N–H and O–H groups in total. The van der Waals surface area contributed by atoms with E-state index in [4.69, 9.17) is 11.6 Å². The van der Waals surface area contributed by atoms with Crippen LogP contribution in [0, 0.1) is 6.08 Å². The highest BCUT2D eigenvalue weighted by molar-refractivity contribution is 7.87. The monoisotopic (exact) mass is 1190 g/mol. The molecule has 0 saturated carbocycles. The Morgan fingerprint density at radius 3 is 1.83 bits per heavy atom. The van der Waals surface area contributed by atoms with Gasteiger partial charge in [-0.15, -0.1) is 20.5 Å². The Morgan fingerprint density at radius 2 is 1.23 bits per heavy atom. The Balaban J connectivity index is 1.09. The summed E-state index contributed by atoms with van der Waals surface area (Å²) >= 11 is 3.83. The quantitative estimate of drug-likeness (QED) is 0.0230. The fourth-order valence-electron chi connectivity index (χ4n) is 7.17. The van der Waals surface area contributed by atoms with Crippen LogP contribution in [-0.4, -0.2) is 108 Å². The number of hydrogen-bond donors (Lipinski definition) is 8. The number of fused-ring (bicyclic) bond motifs is 2. The molecule has 78 heavy (non-hydrogen) atoms. The maximum atomic E-state index is 14.4. The Morgan fingerprint density at radius 1 is 0.667 bits per heavy atom. The van der Waals surface area contributed by atoms with Gasteiger partial charge in [-0.25, -0.2) is 0 Å². The van der Waals surface area contributed by atoms with Crippen LogP contribution in [0.1, 0.15) is 25.0 Å². The molecule has 28 nitrogen and oxygen atoms in total. The van der Waals surface area contributed by atoms with Crippen LogP contribution in [0.2, 0.25) is 5.28 Å². The fraction of sp³-hybridized carbons (Fsp3) is 0.116. The van der Waals surface area contributed by atoms with E-state index in [0.29, 0.717) is 23.9 Å². The average Bonchev–Trinajstić information content (AvgIpc) is 3.54. The molecule has 2 aromatic heterocycles. The zero-order valence-electron chi connectivity index (χ0n) is 39.3. The number of anilines is 6. The standard InChI is InChI=1S/C43H36ClFN14O14S5/c1-22(47-40-52-38(45)53-41(55-40)48-23-6-8-24(9-7-23)74(60)61)21-46-39-50-37(44)51-42(54-39)49-32-14-13-31(28-4-3-5-35(36(28)32)77(68,69)70)58-56-29-11-12-30(27-17-19-43(2,78(71,72)73)18-16-26(27)29)57-59-33-20-25(75(62,63)64)10-15-34(33)76(65,66)67/h3-20,22H,21H2,1-2H3,(H,60,61)(H,62,63,64)(H,65,66,67)(H,68,69,70)(H,71,72,73)(H2,46,49,50,51,54)(H2,47,48,52,53,55)/p-1. The van der Waals surface area contributed by atoms with E-state index in [-0.39, 0.29) is 85.2 Å². The first-order valence-corrected chi connectivity index (χ1v) is 28.8. The molecule has 8 rings (SSSR count). The highest BCUT2D eigenvalue weighted by atomic mass is 35.5. The van der Waals surface area contributed by atoms with E-state index >= 15 is 0 Å². The van der Waals surface area contributed by atoms with Crippen molar-refractivity contribution in [3.63, 3.8) is 0 Å². The first-order chi connectivity index (χ1) is 36.5. The summed E-state index contributed by atoms with van der Waals surface area (Å²) in [5, 5.41) is 27.7. The first-order valence-electron chi connectivity index (χ1n) is 21.6. The summed E-state index contributed by atoms with van der Waals surface area (Å²) < 4.78 is 174. The van der Waals surface area contributed by atoms with E-state index in [1.54, 1.807) is 6.92 Å². The lowest BCUT2D eigenvalue weighted by Gasteiger charge is -2.16. The highest BCUT2D eigenvalue weighted by Crippen LogP contribution is 2.42. The van der Waals surface area contributed by atoms with E-state index in [0.717, 1.165) is 25.1 Å². The predicted molar refractivity (Wildman–Crippen MR) is 279 cm³/mol. The number of hydrogen-bond acceptors (Lipinski definition) is 24. The molecule has 1 aliphatic rings. The van der Waals surface area contributed by atoms with Crippen molar-refractivity contribution in [1.29, 1.82) is 0 Å². The number of nitrogens with zero attached hydrogens (tertiary/aromatic N) is 10. The van der Waals surface area contributed by atoms with E-state index < -0.39 is 88.8 Å². The SMILES string of the molecule is CC(CNc1nc(Cl)nc(Nc2ccc(N=Nc3ccc(N=Nc4cc(S(=O)(=O)O)ccc4S(=O)(=O)O)c4c3C=CC(C)(S(=O)(=O)O)C=C4)c3cccc(S(=O)(=O)O)c23)n1)Nc1nc(F)nc(Nc2ccc(S(=O)[O-])cc2)n1. The van der Waals surface area contributed by atoms with Gasteiger partial charge in [0.2, 0.25) is 29.1 Å². The summed E-state index contributed by atoms with van der Waals surface area (Å²) in [4.78, 5) is 21.7. The molecule has 0 saturated heterocycles. The van der Waals surface area contributed by atoms with Crippen LogP contribution < -0.4 is 21.3 Å². The summed E-state index contributed by atoms with van der Waals surface area (Å²) in [5.74, 6) is -0.679. The van der Waals surface area contributed by atoms with E-state index in [1.165, 1.54) is 72.8 Å². The molecule has 406 valence electrons. The summed E-state index contributed by atoms with van der Waals surface area (Å²) in [6.07, 6.45) is 3.54. The molecule has 35 heteroatoms. The Kier molecular flexibility index (Phi) is 15.9. The van der Waals surface area contributed by atoms with Crippen LogP contribution in [0.15, 0.2) is 137 Å². The van der Waals surface area contributed by atoms with Crippen molar-refractivity contribution in [2.24, 2.45) is 20.5 Å². The van der Waals surface area contributed by atoms with Crippen LogP contribution in [0.3, 0.4) is 0 Å². The molecule has 0 bridgehead atoms. The van der Waals surface area contributed by atoms with E-state index in [9.17, 15) is 65.0 Å². The normalized spacial score (nSPS) is 15.8. The lowest BCUT2D eigenvalue weighted by atomic mass is 10.0. The predicted octanol–water partition coefficient (Wildman–Crippen LogP) is 7.90. The molecule has 0 spiro atoms. The number of aromatic nitrogens is 6. The van der Waals surface area contributed by atoms with Crippen LogP contribution in [-0.2, 0) is 51.6 Å². The minimum Gasteiger partial charge on any atom is -0.768 e. The van der Waals surface area contributed by atoms with Crippen LogP contribution in [0.25, 0.3) is 22.9 Å². The van der Waals surface area contributed by atoms with Crippen LogP contribution in [0.4, 0.5) is 62.3 Å². The molecular formula is C43H35ClFN14O14S5-. The lowest BCUT2D eigenvalue weighted by Crippen LogP contribution is -2.29. The maximum absolute atomic E-state index is 14.4. The summed E-state index contributed by atoms with van der Waals surface area (Å²) in [6.45, 7) is 2.87. The molecule has 3 unspecified atom stereocenters. The van der Waals surface area contributed by atoms with Gasteiger partial charge in [0.25, 0.3) is 40.5 Å².